The fourth-order valence-corrected chi connectivity index (χ4v) is 2.47. The van der Waals surface area contributed by atoms with Gasteiger partial charge in [-0.05, 0) is 12.1 Å². The van der Waals surface area contributed by atoms with Crippen LogP contribution >= 0.6 is 0 Å². The Morgan fingerprint density at radius 2 is 2.20 bits per heavy atom. The minimum absolute atomic E-state index is 0.0999. The molecule has 1 aromatic carbocycles. The first-order valence-corrected chi connectivity index (χ1v) is 6.62. The van der Waals surface area contributed by atoms with Gasteiger partial charge in [0.25, 0.3) is 0 Å². The predicted octanol–water partition coefficient (Wildman–Crippen LogP) is 1.55. The van der Waals surface area contributed by atoms with E-state index in [9.17, 15) is 4.79 Å². The highest BCUT2D eigenvalue weighted by Gasteiger charge is 2.18. The number of morpholine rings is 1. The highest BCUT2D eigenvalue weighted by Crippen LogP contribution is 2.20. The number of Topliss-reactive ketones (excluding diaryl/α,β-unsaturated/α-hetero) is 1. The molecule has 1 saturated heterocycles. The fourth-order valence-electron chi connectivity index (χ4n) is 2.47. The molecule has 0 bridgehead atoms. The fraction of sp³-hybridized carbons (Fsp3) is 0.333. The monoisotopic (exact) mass is 269 g/mol. The van der Waals surface area contributed by atoms with Crippen LogP contribution in [0, 0.1) is 11.3 Å². The summed E-state index contributed by atoms with van der Waals surface area (Å²) in [5.41, 5.74) is 2.11. The number of aromatic nitrogens is 1. The number of nitriles is 1. The molecule has 102 valence electrons. The summed E-state index contributed by atoms with van der Waals surface area (Å²) in [4.78, 5) is 17.5. The van der Waals surface area contributed by atoms with Crippen LogP contribution in [0.2, 0.25) is 0 Å². The van der Waals surface area contributed by atoms with Crippen LogP contribution in [0.5, 0.6) is 0 Å². The highest BCUT2D eigenvalue weighted by atomic mass is 16.5. The highest BCUT2D eigenvalue weighted by molar-refractivity contribution is 6.08. The van der Waals surface area contributed by atoms with Crippen molar-refractivity contribution in [2.45, 2.75) is 0 Å². The maximum Gasteiger partial charge on any atom is 0.178 e. The van der Waals surface area contributed by atoms with E-state index in [1.807, 2.05) is 6.07 Å². The van der Waals surface area contributed by atoms with Crippen LogP contribution in [0.15, 0.2) is 24.4 Å². The Labute approximate surface area is 116 Å². The van der Waals surface area contributed by atoms with E-state index in [1.54, 1.807) is 18.3 Å². The van der Waals surface area contributed by atoms with Gasteiger partial charge < -0.3 is 9.72 Å². The van der Waals surface area contributed by atoms with Gasteiger partial charge in [0.2, 0.25) is 0 Å². The number of carbonyl (C=O) groups is 1. The molecular formula is C15H15N3O2. The molecule has 1 aromatic heterocycles. The first kappa shape index (κ1) is 12.9. The summed E-state index contributed by atoms with van der Waals surface area (Å²) in [5.74, 6) is 0.0999. The van der Waals surface area contributed by atoms with Gasteiger partial charge in [-0.2, -0.15) is 5.26 Å². The molecule has 1 fully saturated rings. The van der Waals surface area contributed by atoms with Gasteiger partial charge in [-0.15, -0.1) is 0 Å². The number of carbonyl (C=O) groups excluding carboxylic acids is 1. The Bertz CT molecular complexity index is 678. The van der Waals surface area contributed by atoms with Gasteiger partial charge in [0.05, 0.1) is 31.4 Å². The first-order valence-electron chi connectivity index (χ1n) is 6.62. The van der Waals surface area contributed by atoms with Crippen molar-refractivity contribution in [1.82, 2.24) is 9.88 Å². The minimum Gasteiger partial charge on any atom is -0.379 e. The Morgan fingerprint density at radius 3 is 2.95 bits per heavy atom. The number of rotatable bonds is 3. The molecule has 0 radical (unpaired) electrons. The molecule has 0 atom stereocenters. The molecule has 5 nitrogen and oxygen atoms in total. The van der Waals surface area contributed by atoms with Gasteiger partial charge in [0, 0.05) is 35.8 Å². The summed E-state index contributed by atoms with van der Waals surface area (Å²) in [6, 6.07) is 7.43. The van der Waals surface area contributed by atoms with E-state index in [0.717, 1.165) is 24.0 Å². The van der Waals surface area contributed by atoms with Crippen molar-refractivity contribution in [2.24, 2.45) is 0 Å². The van der Waals surface area contributed by atoms with Crippen LogP contribution in [0.1, 0.15) is 15.9 Å². The van der Waals surface area contributed by atoms with Crippen molar-refractivity contribution in [3.05, 3.63) is 35.5 Å². The van der Waals surface area contributed by atoms with E-state index in [0.29, 0.717) is 30.9 Å². The Balaban J connectivity index is 1.82. The third-order valence-corrected chi connectivity index (χ3v) is 3.58. The smallest absolute Gasteiger partial charge is 0.178 e. The zero-order chi connectivity index (χ0) is 13.9. The molecule has 2 heterocycles. The van der Waals surface area contributed by atoms with E-state index in [1.165, 1.54) is 0 Å². The third-order valence-electron chi connectivity index (χ3n) is 3.58. The van der Waals surface area contributed by atoms with Gasteiger partial charge in [-0.1, -0.05) is 6.07 Å². The SMILES string of the molecule is N#Cc1ccc2c(C(=O)CN3CCOCC3)c[nH]c2c1. The standard InChI is InChI=1S/C15H15N3O2/c16-8-11-1-2-12-13(9-17-14(12)7-11)15(19)10-18-3-5-20-6-4-18/h1-2,7,9,17H,3-6,10H2. The van der Waals surface area contributed by atoms with Crippen molar-refractivity contribution in [1.29, 1.82) is 5.26 Å². The first-order chi connectivity index (χ1) is 9.78. The summed E-state index contributed by atoms with van der Waals surface area (Å²) >= 11 is 0. The van der Waals surface area contributed by atoms with Crippen molar-refractivity contribution in [3.8, 4) is 6.07 Å². The Morgan fingerprint density at radius 1 is 1.40 bits per heavy atom. The normalized spacial score (nSPS) is 16.1. The number of hydrogen-bond donors (Lipinski definition) is 1. The minimum atomic E-state index is 0.0999. The molecular weight excluding hydrogens is 254 g/mol. The predicted molar refractivity (Wildman–Crippen MR) is 74.6 cm³/mol. The summed E-state index contributed by atoms with van der Waals surface area (Å²) in [7, 11) is 0. The number of H-pyrrole nitrogens is 1. The molecule has 1 N–H and O–H groups in total. The van der Waals surface area contributed by atoms with Crippen molar-refractivity contribution in [3.63, 3.8) is 0 Å². The maximum atomic E-state index is 12.4. The maximum absolute atomic E-state index is 12.4. The molecule has 0 amide bonds. The molecule has 2 aromatic rings. The summed E-state index contributed by atoms with van der Waals surface area (Å²) in [6.07, 6.45) is 1.73. The second kappa shape index (κ2) is 5.45. The number of ether oxygens (including phenoxy) is 1. The zero-order valence-electron chi connectivity index (χ0n) is 11.1. The lowest BCUT2D eigenvalue weighted by molar-refractivity contribution is 0.0371. The van der Waals surface area contributed by atoms with Crippen LogP contribution in [0.4, 0.5) is 0 Å². The Kier molecular flexibility index (Phi) is 3.50. The van der Waals surface area contributed by atoms with Gasteiger partial charge in [0.1, 0.15) is 0 Å². The summed E-state index contributed by atoms with van der Waals surface area (Å²) in [6.45, 7) is 3.38. The lowest BCUT2D eigenvalue weighted by Gasteiger charge is -2.25. The number of fused-ring (bicyclic) bond motifs is 1. The third kappa shape index (κ3) is 2.44. The molecule has 1 aliphatic rings. The second-order valence-corrected chi connectivity index (χ2v) is 4.89. The number of aromatic amines is 1. The van der Waals surface area contributed by atoms with Crippen LogP contribution in [-0.2, 0) is 4.74 Å². The van der Waals surface area contributed by atoms with E-state index >= 15 is 0 Å². The zero-order valence-corrected chi connectivity index (χ0v) is 11.1. The van der Waals surface area contributed by atoms with Gasteiger partial charge in [-0.25, -0.2) is 0 Å². The van der Waals surface area contributed by atoms with E-state index < -0.39 is 0 Å². The molecule has 20 heavy (non-hydrogen) atoms. The van der Waals surface area contributed by atoms with Crippen molar-refractivity contribution in [2.75, 3.05) is 32.8 Å². The second-order valence-electron chi connectivity index (χ2n) is 4.89. The average molecular weight is 269 g/mol. The number of nitrogens with zero attached hydrogens (tertiary/aromatic N) is 2. The topological polar surface area (TPSA) is 69.1 Å². The number of nitrogens with one attached hydrogen (secondary N) is 1. The number of hydrogen-bond acceptors (Lipinski definition) is 4. The largest absolute Gasteiger partial charge is 0.379 e. The van der Waals surface area contributed by atoms with Crippen LogP contribution in [0.3, 0.4) is 0 Å². The van der Waals surface area contributed by atoms with Gasteiger partial charge >= 0.3 is 0 Å². The lowest BCUT2D eigenvalue weighted by atomic mass is 10.1. The molecule has 1 aliphatic heterocycles. The van der Waals surface area contributed by atoms with Crippen LogP contribution in [-0.4, -0.2) is 48.5 Å². The molecule has 0 spiro atoms. The number of benzene rings is 1. The van der Waals surface area contributed by atoms with Gasteiger partial charge in [-0.3, -0.25) is 9.69 Å². The number of ketones is 1. The van der Waals surface area contributed by atoms with E-state index in [-0.39, 0.29) is 5.78 Å². The van der Waals surface area contributed by atoms with E-state index in [2.05, 4.69) is 16.0 Å². The van der Waals surface area contributed by atoms with Crippen molar-refractivity contribution < 1.29 is 9.53 Å². The molecule has 5 heteroatoms. The van der Waals surface area contributed by atoms with Crippen LogP contribution < -0.4 is 0 Å². The van der Waals surface area contributed by atoms with Crippen LogP contribution in [0.25, 0.3) is 10.9 Å². The van der Waals surface area contributed by atoms with E-state index in [4.69, 9.17) is 10.00 Å². The molecule has 0 saturated carbocycles. The molecule has 0 aliphatic carbocycles. The average Bonchev–Trinajstić information content (AvgIpc) is 2.91. The quantitative estimate of drug-likeness (QED) is 0.858. The van der Waals surface area contributed by atoms with Crippen molar-refractivity contribution >= 4 is 16.7 Å². The van der Waals surface area contributed by atoms with Gasteiger partial charge in [0.15, 0.2) is 5.78 Å². The molecule has 3 rings (SSSR count). The molecule has 0 unspecified atom stereocenters. The lowest BCUT2D eigenvalue weighted by Crippen LogP contribution is -2.39. The summed E-state index contributed by atoms with van der Waals surface area (Å²) in [5, 5.41) is 9.76. The Hall–Kier alpha value is -2.16. The summed E-state index contributed by atoms with van der Waals surface area (Å²) < 4.78 is 5.28.